The predicted molar refractivity (Wildman–Crippen MR) is 63.5 cm³/mol. The molecule has 0 atom stereocenters. The first-order chi connectivity index (χ1) is 7.15. The normalized spacial score (nSPS) is 9.27. The summed E-state index contributed by atoms with van der Waals surface area (Å²) in [4.78, 5) is 11.6. The number of carbonyl (C=O) groups excluding carboxylic acids is 1. The van der Waals surface area contributed by atoms with Crippen molar-refractivity contribution >= 4 is 21.8 Å². The molecule has 0 aromatic carbocycles. The molecule has 1 N–H and O–H groups in total. The summed E-state index contributed by atoms with van der Waals surface area (Å²) in [6.45, 7) is 2.37. The molecule has 1 heterocycles. The lowest BCUT2D eigenvalue weighted by molar-refractivity contribution is 0.0946. The summed E-state index contributed by atoms with van der Waals surface area (Å²) in [5, 5.41) is 2.80. The van der Waals surface area contributed by atoms with E-state index in [1.165, 1.54) is 0 Å². The van der Waals surface area contributed by atoms with Crippen LogP contribution < -0.4 is 5.32 Å². The highest BCUT2D eigenvalue weighted by molar-refractivity contribution is 9.10. The number of nitrogens with one attached hydrogen (secondary N) is 1. The molecule has 0 aliphatic rings. The average molecular weight is 269 g/mol. The van der Waals surface area contributed by atoms with Crippen molar-refractivity contribution in [2.75, 3.05) is 6.54 Å². The van der Waals surface area contributed by atoms with E-state index in [9.17, 15) is 4.79 Å². The van der Waals surface area contributed by atoms with Crippen molar-refractivity contribution in [1.82, 2.24) is 9.88 Å². The Morgan fingerprint density at radius 1 is 1.67 bits per heavy atom. The van der Waals surface area contributed by atoms with Crippen molar-refractivity contribution in [3.05, 3.63) is 22.4 Å². The molecule has 4 heteroatoms. The maximum atomic E-state index is 11.6. The molecule has 80 valence electrons. The van der Waals surface area contributed by atoms with Gasteiger partial charge in [0.25, 0.3) is 5.91 Å². The van der Waals surface area contributed by atoms with Crippen molar-refractivity contribution in [3.8, 4) is 11.8 Å². The quantitative estimate of drug-likeness (QED) is 0.660. The molecule has 0 unspecified atom stereocenters. The van der Waals surface area contributed by atoms with Crippen LogP contribution in [0.2, 0.25) is 0 Å². The second-order valence-corrected chi connectivity index (χ2v) is 4.00. The molecule has 1 amide bonds. The van der Waals surface area contributed by atoms with Crippen molar-refractivity contribution in [3.63, 3.8) is 0 Å². The van der Waals surface area contributed by atoms with E-state index in [0.717, 1.165) is 4.47 Å². The zero-order valence-corrected chi connectivity index (χ0v) is 10.4. The molecule has 0 bridgehead atoms. The summed E-state index contributed by atoms with van der Waals surface area (Å²) in [6.07, 6.45) is 2.54. The van der Waals surface area contributed by atoms with E-state index in [4.69, 9.17) is 0 Å². The summed E-state index contributed by atoms with van der Waals surface area (Å²) in [5.74, 6) is 5.61. The first-order valence-electron chi connectivity index (χ1n) is 4.65. The number of amides is 1. The number of rotatable bonds is 3. The lowest BCUT2D eigenvalue weighted by Crippen LogP contribution is -2.25. The third-order valence-electron chi connectivity index (χ3n) is 1.92. The molecule has 1 aromatic rings. The monoisotopic (exact) mass is 268 g/mol. The van der Waals surface area contributed by atoms with Gasteiger partial charge in [-0.2, -0.15) is 0 Å². The minimum absolute atomic E-state index is 0.0684. The van der Waals surface area contributed by atoms with Gasteiger partial charge in [-0.15, -0.1) is 11.8 Å². The Labute approximate surface area is 98.0 Å². The van der Waals surface area contributed by atoms with Gasteiger partial charge in [-0.1, -0.05) is 0 Å². The highest BCUT2D eigenvalue weighted by Crippen LogP contribution is 2.13. The van der Waals surface area contributed by atoms with E-state index in [1.54, 1.807) is 17.6 Å². The van der Waals surface area contributed by atoms with Crippen molar-refractivity contribution in [1.29, 1.82) is 0 Å². The molecule has 1 aromatic heterocycles. The molecular weight excluding hydrogens is 256 g/mol. The highest BCUT2D eigenvalue weighted by Gasteiger charge is 2.09. The molecule has 3 nitrogen and oxygen atoms in total. The topological polar surface area (TPSA) is 34.0 Å². The standard InChI is InChI=1S/C11H13BrN2O/c1-3-4-5-6-13-11(15)10-7-9(12)8-14(10)2/h7-8H,5-6H2,1-2H3,(H,13,15). The van der Waals surface area contributed by atoms with Crippen molar-refractivity contribution in [2.24, 2.45) is 7.05 Å². The number of hydrogen-bond acceptors (Lipinski definition) is 1. The van der Waals surface area contributed by atoms with Crippen molar-refractivity contribution in [2.45, 2.75) is 13.3 Å². The van der Waals surface area contributed by atoms with E-state index in [1.807, 2.05) is 13.2 Å². The Balaban J connectivity index is 2.52. The van der Waals surface area contributed by atoms with Gasteiger partial charge in [0.1, 0.15) is 5.69 Å². The Hall–Kier alpha value is -1.21. The SMILES string of the molecule is CC#CCCNC(=O)c1cc(Br)cn1C. The fourth-order valence-corrected chi connectivity index (χ4v) is 1.73. The van der Waals surface area contributed by atoms with E-state index in [0.29, 0.717) is 18.7 Å². The van der Waals surface area contributed by atoms with Crippen LogP contribution in [0.25, 0.3) is 0 Å². The third-order valence-corrected chi connectivity index (χ3v) is 2.35. The van der Waals surface area contributed by atoms with Gasteiger partial charge in [-0.05, 0) is 28.9 Å². The molecule has 0 radical (unpaired) electrons. The lowest BCUT2D eigenvalue weighted by Gasteiger charge is -2.03. The molecular formula is C11H13BrN2O. The summed E-state index contributed by atoms with van der Waals surface area (Å²) in [6, 6.07) is 1.79. The summed E-state index contributed by atoms with van der Waals surface area (Å²) in [5.41, 5.74) is 0.645. The van der Waals surface area contributed by atoms with Gasteiger partial charge >= 0.3 is 0 Å². The van der Waals surface area contributed by atoms with E-state index in [-0.39, 0.29) is 5.91 Å². The van der Waals surface area contributed by atoms with E-state index < -0.39 is 0 Å². The summed E-state index contributed by atoms with van der Waals surface area (Å²) in [7, 11) is 1.84. The average Bonchev–Trinajstić information content (AvgIpc) is 2.52. The maximum absolute atomic E-state index is 11.6. The van der Waals surface area contributed by atoms with Gasteiger partial charge in [0.2, 0.25) is 0 Å². The molecule has 1 rings (SSSR count). The number of halogens is 1. The molecule has 0 saturated heterocycles. The van der Waals surface area contributed by atoms with E-state index >= 15 is 0 Å². The van der Waals surface area contributed by atoms with Crippen LogP contribution in [-0.2, 0) is 7.05 Å². The molecule has 0 fully saturated rings. The Kier molecular flexibility index (Phi) is 4.44. The third kappa shape index (κ3) is 3.45. The van der Waals surface area contributed by atoms with Crippen LogP contribution in [0.5, 0.6) is 0 Å². The predicted octanol–water partition coefficient (Wildman–Crippen LogP) is 1.93. The van der Waals surface area contributed by atoms with Crippen LogP contribution in [0, 0.1) is 11.8 Å². The number of carbonyl (C=O) groups is 1. The minimum atomic E-state index is -0.0684. The second kappa shape index (κ2) is 5.62. The van der Waals surface area contributed by atoms with Gasteiger partial charge in [-0.25, -0.2) is 0 Å². The number of hydrogen-bond donors (Lipinski definition) is 1. The Morgan fingerprint density at radius 2 is 2.40 bits per heavy atom. The minimum Gasteiger partial charge on any atom is -0.350 e. The Morgan fingerprint density at radius 3 is 2.93 bits per heavy atom. The zero-order chi connectivity index (χ0) is 11.3. The number of nitrogens with zero attached hydrogens (tertiary/aromatic N) is 1. The van der Waals surface area contributed by atoms with Crippen LogP contribution in [-0.4, -0.2) is 17.0 Å². The second-order valence-electron chi connectivity index (χ2n) is 3.09. The first-order valence-corrected chi connectivity index (χ1v) is 5.44. The lowest BCUT2D eigenvalue weighted by atomic mass is 10.3. The van der Waals surface area contributed by atoms with Gasteiger partial charge in [0.05, 0.1) is 0 Å². The first kappa shape index (κ1) is 11.9. The molecule has 0 aliphatic carbocycles. The van der Waals surface area contributed by atoms with Crippen LogP contribution in [0.15, 0.2) is 16.7 Å². The Bertz CT molecular complexity index is 412. The number of aromatic nitrogens is 1. The van der Waals surface area contributed by atoms with Crippen LogP contribution in [0.4, 0.5) is 0 Å². The van der Waals surface area contributed by atoms with E-state index in [2.05, 4.69) is 33.1 Å². The smallest absolute Gasteiger partial charge is 0.267 e. The largest absolute Gasteiger partial charge is 0.350 e. The van der Waals surface area contributed by atoms with Crippen LogP contribution >= 0.6 is 15.9 Å². The maximum Gasteiger partial charge on any atom is 0.267 e. The number of aryl methyl sites for hydroxylation is 1. The van der Waals surface area contributed by atoms with Crippen LogP contribution in [0.3, 0.4) is 0 Å². The summed E-state index contributed by atoms with van der Waals surface area (Å²) < 4.78 is 2.69. The highest BCUT2D eigenvalue weighted by atomic mass is 79.9. The molecule has 0 saturated carbocycles. The molecule has 15 heavy (non-hydrogen) atoms. The summed E-state index contributed by atoms with van der Waals surface area (Å²) >= 11 is 3.32. The van der Waals surface area contributed by atoms with Crippen LogP contribution in [0.1, 0.15) is 23.8 Å². The van der Waals surface area contributed by atoms with Crippen molar-refractivity contribution < 1.29 is 4.79 Å². The molecule has 0 spiro atoms. The van der Waals surface area contributed by atoms with Gasteiger partial charge in [0, 0.05) is 30.7 Å². The fraction of sp³-hybridized carbons (Fsp3) is 0.364. The van der Waals surface area contributed by atoms with Gasteiger partial charge < -0.3 is 9.88 Å². The van der Waals surface area contributed by atoms with Gasteiger partial charge in [-0.3, -0.25) is 4.79 Å². The zero-order valence-electron chi connectivity index (χ0n) is 8.80. The molecule has 0 aliphatic heterocycles. The van der Waals surface area contributed by atoms with Gasteiger partial charge in [0.15, 0.2) is 0 Å². The fourth-order valence-electron chi connectivity index (χ4n) is 1.20.